The largest absolute Gasteiger partial charge is 0.508 e. The molecule has 3 heteroatoms. The lowest BCUT2D eigenvalue weighted by Gasteiger charge is -2.11. The first-order valence-corrected chi connectivity index (χ1v) is 6.54. The van der Waals surface area contributed by atoms with E-state index < -0.39 is 6.16 Å². The molecule has 0 aromatic rings. The van der Waals surface area contributed by atoms with E-state index >= 15 is 0 Å². The maximum absolute atomic E-state index is 11.2. The molecular weight excluding hydrogens is 204 g/mol. The van der Waals surface area contributed by atoms with Gasteiger partial charge in [0, 0.05) is 0 Å². The van der Waals surface area contributed by atoms with Gasteiger partial charge in [0.15, 0.2) is 0 Å². The lowest BCUT2D eigenvalue weighted by Crippen LogP contribution is -2.16. The van der Waals surface area contributed by atoms with Gasteiger partial charge in [-0.05, 0) is 19.8 Å². The normalized spacial score (nSPS) is 12.2. The van der Waals surface area contributed by atoms with Crippen LogP contribution in [0.1, 0.15) is 65.7 Å². The van der Waals surface area contributed by atoms with E-state index in [0.717, 1.165) is 25.7 Å². The predicted octanol–water partition coefficient (Wildman–Crippen LogP) is 4.30. The molecule has 0 N–H and O–H groups in total. The molecule has 0 aromatic carbocycles. The zero-order valence-corrected chi connectivity index (χ0v) is 11.0. The molecule has 0 aromatic heterocycles. The van der Waals surface area contributed by atoms with Gasteiger partial charge >= 0.3 is 6.16 Å². The summed E-state index contributed by atoms with van der Waals surface area (Å²) in [5.74, 6) is 0. The number of ether oxygens (including phenoxy) is 2. The molecule has 0 saturated heterocycles. The van der Waals surface area contributed by atoms with Crippen LogP contribution in [0.25, 0.3) is 0 Å². The summed E-state index contributed by atoms with van der Waals surface area (Å²) < 4.78 is 10.0. The van der Waals surface area contributed by atoms with Crippen molar-refractivity contribution >= 4 is 6.16 Å². The number of hydrogen-bond acceptors (Lipinski definition) is 3. The minimum absolute atomic E-state index is 0.0300. The van der Waals surface area contributed by atoms with Crippen molar-refractivity contribution in [1.29, 1.82) is 0 Å². The van der Waals surface area contributed by atoms with Crippen LogP contribution in [-0.2, 0) is 9.47 Å². The van der Waals surface area contributed by atoms with E-state index in [0.29, 0.717) is 6.61 Å². The van der Waals surface area contributed by atoms with Crippen LogP contribution in [0.4, 0.5) is 4.79 Å². The fourth-order valence-electron chi connectivity index (χ4n) is 1.52. The van der Waals surface area contributed by atoms with Crippen LogP contribution in [0.2, 0.25) is 0 Å². The third-order valence-electron chi connectivity index (χ3n) is 2.46. The summed E-state index contributed by atoms with van der Waals surface area (Å²) in [7, 11) is 0. The number of carbonyl (C=O) groups excluding carboxylic acids is 1. The van der Waals surface area contributed by atoms with Gasteiger partial charge in [0.1, 0.15) is 6.10 Å². The molecule has 0 aliphatic rings. The second-order valence-corrected chi connectivity index (χ2v) is 4.23. The molecule has 0 spiro atoms. The molecule has 0 rings (SSSR count). The molecule has 0 bridgehead atoms. The van der Waals surface area contributed by atoms with Crippen LogP contribution in [0.15, 0.2) is 0 Å². The highest BCUT2D eigenvalue weighted by Crippen LogP contribution is 2.05. The second-order valence-electron chi connectivity index (χ2n) is 4.23. The topological polar surface area (TPSA) is 35.5 Å². The molecular formula is C13H26O3. The summed E-state index contributed by atoms with van der Waals surface area (Å²) in [5, 5.41) is 0. The molecule has 0 heterocycles. The maximum Gasteiger partial charge on any atom is 0.508 e. The summed E-state index contributed by atoms with van der Waals surface area (Å²) in [6.45, 7) is 6.63. The predicted molar refractivity (Wildman–Crippen MR) is 65.6 cm³/mol. The van der Waals surface area contributed by atoms with Gasteiger partial charge in [-0.3, -0.25) is 0 Å². The average molecular weight is 230 g/mol. The SMILES string of the molecule is CCCCCCCOC(=O)OC(C)CCC. The van der Waals surface area contributed by atoms with Crippen molar-refractivity contribution in [3.05, 3.63) is 0 Å². The second kappa shape index (κ2) is 10.8. The van der Waals surface area contributed by atoms with Crippen LogP contribution in [-0.4, -0.2) is 18.9 Å². The van der Waals surface area contributed by atoms with Gasteiger partial charge in [-0.15, -0.1) is 0 Å². The number of carbonyl (C=O) groups is 1. The Bertz CT molecular complexity index is 169. The molecule has 3 nitrogen and oxygen atoms in total. The Morgan fingerprint density at radius 3 is 2.38 bits per heavy atom. The Hall–Kier alpha value is -0.730. The van der Waals surface area contributed by atoms with Crippen LogP contribution in [0.3, 0.4) is 0 Å². The molecule has 96 valence electrons. The average Bonchev–Trinajstić information content (AvgIpc) is 2.23. The number of rotatable bonds is 9. The smallest absolute Gasteiger partial charge is 0.434 e. The highest BCUT2D eigenvalue weighted by atomic mass is 16.7. The summed E-state index contributed by atoms with van der Waals surface area (Å²) in [6.07, 6.45) is 7.16. The molecule has 0 amide bonds. The van der Waals surface area contributed by atoms with E-state index in [9.17, 15) is 4.79 Å². The summed E-state index contributed by atoms with van der Waals surface area (Å²) in [5.41, 5.74) is 0. The van der Waals surface area contributed by atoms with Gasteiger partial charge in [-0.2, -0.15) is 0 Å². The van der Waals surface area contributed by atoms with Gasteiger partial charge in [0.2, 0.25) is 0 Å². The Labute approximate surface area is 99.5 Å². The van der Waals surface area contributed by atoms with Crippen LogP contribution < -0.4 is 0 Å². The first kappa shape index (κ1) is 15.3. The molecule has 0 radical (unpaired) electrons. The summed E-state index contributed by atoms with van der Waals surface area (Å²) in [6, 6.07) is 0. The van der Waals surface area contributed by atoms with E-state index in [4.69, 9.17) is 9.47 Å². The van der Waals surface area contributed by atoms with Gasteiger partial charge in [-0.25, -0.2) is 4.79 Å². The number of hydrogen-bond donors (Lipinski definition) is 0. The third kappa shape index (κ3) is 9.81. The lowest BCUT2D eigenvalue weighted by atomic mass is 10.2. The minimum atomic E-state index is -0.517. The lowest BCUT2D eigenvalue weighted by molar-refractivity contribution is 0.0257. The Kier molecular flexibility index (Phi) is 10.3. The third-order valence-corrected chi connectivity index (χ3v) is 2.46. The zero-order valence-electron chi connectivity index (χ0n) is 11.0. The standard InChI is InChI=1S/C13H26O3/c1-4-6-7-8-9-11-15-13(14)16-12(3)10-5-2/h12H,4-11H2,1-3H3. The molecule has 0 saturated carbocycles. The molecule has 1 atom stereocenters. The fraction of sp³-hybridized carbons (Fsp3) is 0.923. The molecule has 0 fully saturated rings. The fourth-order valence-corrected chi connectivity index (χ4v) is 1.52. The van der Waals surface area contributed by atoms with Crippen molar-refractivity contribution in [1.82, 2.24) is 0 Å². The van der Waals surface area contributed by atoms with Crippen molar-refractivity contribution in [2.45, 2.75) is 71.8 Å². The van der Waals surface area contributed by atoms with Crippen LogP contribution >= 0.6 is 0 Å². The molecule has 0 aliphatic heterocycles. The monoisotopic (exact) mass is 230 g/mol. The van der Waals surface area contributed by atoms with Crippen molar-refractivity contribution in [2.75, 3.05) is 6.61 Å². The van der Waals surface area contributed by atoms with Gasteiger partial charge in [0.25, 0.3) is 0 Å². The van der Waals surface area contributed by atoms with Gasteiger partial charge < -0.3 is 9.47 Å². The van der Waals surface area contributed by atoms with Crippen molar-refractivity contribution < 1.29 is 14.3 Å². The first-order valence-electron chi connectivity index (χ1n) is 6.54. The van der Waals surface area contributed by atoms with Gasteiger partial charge in [0.05, 0.1) is 6.61 Å². The number of unbranched alkanes of at least 4 members (excludes halogenated alkanes) is 4. The Morgan fingerprint density at radius 2 is 1.75 bits per heavy atom. The van der Waals surface area contributed by atoms with Crippen LogP contribution in [0, 0.1) is 0 Å². The zero-order chi connectivity index (χ0) is 12.2. The quantitative estimate of drug-likeness (QED) is 0.437. The van der Waals surface area contributed by atoms with E-state index in [1.807, 2.05) is 6.92 Å². The highest BCUT2D eigenvalue weighted by molar-refractivity contribution is 5.59. The molecule has 1 unspecified atom stereocenters. The Balaban J connectivity index is 3.30. The highest BCUT2D eigenvalue weighted by Gasteiger charge is 2.08. The minimum Gasteiger partial charge on any atom is -0.434 e. The van der Waals surface area contributed by atoms with E-state index in [1.165, 1.54) is 19.3 Å². The van der Waals surface area contributed by atoms with Crippen molar-refractivity contribution in [3.63, 3.8) is 0 Å². The van der Waals surface area contributed by atoms with Crippen molar-refractivity contribution in [2.24, 2.45) is 0 Å². The van der Waals surface area contributed by atoms with E-state index in [-0.39, 0.29) is 6.10 Å². The van der Waals surface area contributed by atoms with Gasteiger partial charge in [-0.1, -0.05) is 46.0 Å². The molecule has 0 aliphatic carbocycles. The Morgan fingerprint density at radius 1 is 1.06 bits per heavy atom. The molecule has 16 heavy (non-hydrogen) atoms. The van der Waals surface area contributed by atoms with Crippen molar-refractivity contribution in [3.8, 4) is 0 Å². The summed E-state index contributed by atoms with van der Waals surface area (Å²) in [4.78, 5) is 11.2. The maximum atomic E-state index is 11.2. The van der Waals surface area contributed by atoms with Crippen LogP contribution in [0.5, 0.6) is 0 Å². The van der Waals surface area contributed by atoms with E-state index in [1.54, 1.807) is 0 Å². The first-order chi connectivity index (χ1) is 7.70. The van der Waals surface area contributed by atoms with E-state index in [2.05, 4.69) is 13.8 Å². The summed E-state index contributed by atoms with van der Waals surface area (Å²) >= 11 is 0.